The Balaban J connectivity index is 1.70. The molecule has 35 heavy (non-hydrogen) atoms. The molecular formula is C32H40O3. The molecule has 0 heterocycles. The van der Waals surface area contributed by atoms with Crippen LogP contribution in [0.4, 0.5) is 0 Å². The predicted molar refractivity (Wildman–Crippen MR) is 144 cm³/mol. The van der Waals surface area contributed by atoms with Gasteiger partial charge >= 0.3 is 5.97 Å². The maximum absolute atomic E-state index is 13.5. The number of unbranched alkanes of at least 4 members (excludes halogenated alkanes) is 4. The highest BCUT2D eigenvalue weighted by Crippen LogP contribution is 2.39. The van der Waals surface area contributed by atoms with Crippen LogP contribution in [0, 0.1) is 5.41 Å². The van der Waals surface area contributed by atoms with Crippen molar-refractivity contribution in [1.82, 2.24) is 0 Å². The molecule has 186 valence electrons. The van der Waals surface area contributed by atoms with Crippen LogP contribution in [0.1, 0.15) is 93.6 Å². The van der Waals surface area contributed by atoms with E-state index in [0.29, 0.717) is 12.0 Å². The molecule has 2 aromatic rings. The Labute approximate surface area is 211 Å². The second-order valence-corrected chi connectivity index (χ2v) is 9.74. The van der Waals surface area contributed by atoms with Gasteiger partial charge in [0.05, 0.1) is 5.41 Å². The standard InChI is InChI=1S/C32H40O3/c1-4-6-8-12-22-32(23-20-28(21-24-32)27-14-10-9-11-15-27)31(34)35-25(3)30(33)29-18-16-26(17-19-29)13-7-5-2/h9-11,14-21,23,25H,4-8,12-13,22,24H2,1-3H3. The molecule has 3 nitrogen and oxygen atoms in total. The van der Waals surface area contributed by atoms with Gasteiger partial charge in [0.25, 0.3) is 0 Å². The smallest absolute Gasteiger partial charge is 0.316 e. The van der Waals surface area contributed by atoms with Crippen molar-refractivity contribution >= 4 is 17.3 Å². The number of ketones is 1. The van der Waals surface area contributed by atoms with E-state index in [-0.39, 0.29) is 11.8 Å². The van der Waals surface area contributed by atoms with E-state index in [1.54, 1.807) is 6.92 Å². The number of allylic oxidation sites excluding steroid dienone is 3. The molecule has 0 saturated carbocycles. The first-order valence-electron chi connectivity index (χ1n) is 13.3. The van der Waals surface area contributed by atoms with E-state index in [1.165, 1.54) is 5.56 Å². The van der Waals surface area contributed by atoms with Crippen LogP contribution in [-0.2, 0) is 16.0 Å². The molecule has 0 N–H and O–H groups in total. The molecule has 1 aliphatic rings. The van der Waals surface area contributed by atoms with Gasteiger partial charge in [-0.1, -0.05) is 119 Å². The molecule has 0 aromatic heterocycles. The minimum Gasteiger partial charge on any atom is -0.454 e. The molecular weight excluding hydrogens is 432 g/mol. The highest BCUT2D eigenvalue weighted by molar-refractivity contribution is 6.00. The van der Waals surface area contributed by atoms with Crippen molar-refractivity contribution in [2.45, 2.75) is 84.7 Å². The maximum Gasteiger partial charge on any atom is 0.316 e. The summed E-state index contributed by atoms with van der Waals surface area (Å²) in [5.74, 6) is -0.448. The van der Waals surface area contributed by atoms with Crippen LogP contribution in [0.2, 0.25) is 0 Å². The van der Waals surface area contributed by atoms with Crippen molar-refractivity contribution in [2.75, 3.05) is 0 Å². The Morgan fingerprint density at radius 3 is 2.26 bits per heavy atom. The SMILES string of the molecule is CCCCCCC1(C(=O)OC(C)C(=O)c2ccc(CCCC)cc2)C=CC(c2ccccc2)=CC1. The summed E-state index contributed by atoms with van der Waals surface area (Å²) >= 11 is 0. The van der Waals surface area contributed by atoms with Gasteiger partial charge in [-0.15, -0.1) is 0 Å². The first-order chi connectivity index (χ1) is 17.0. The molecule has 2 atom stereocenters. The fourth-order valence-corrected chi connectivity index (χ4v) is 4.61. The van der Waals surface area contributed by atoms with Crippen molar-refractivity contribution in [3.8, 4) is 0 Å². The predicted octanol–water partition coefficient (Wildman–Crippen LogP) is 8.14. The van der Waals surface area contributed by atoms with Crippen LogP contribution in [0.15, 0.2) is 72.8 Å². The van der Waals surface area contributed by atoms with Crippen molar-refractivity contribution in [3.63, 3.8) is 0 Å². The van der Waals surface area contributed by atoms with Crippen LogP contribution < -0.4 is 0 Å². The summed E-state index contributed by atoms with van der Waals surface area (Å²) in [6, 6.07) is 17.9. The van der Waals surface area contributed by atoms with Gasteiger partial charge in [-0.2, -0.15) is 0 Å². The molecule has 0 spiro atoms. The lowest BCUT2D eigenvalue weighted by Crippen LogP contribution is -2.36. The molecule has 3 heteroatoms. The van der Waals surface area contributed by atoms with Gasteiger partial charge in [0.1, 0.15) is 0 Å². The molecule has 1 aliphatic carbocycles. The molecule has 0 bridgehead atoms. The molecule has 3 rings (SSSR count). The number of Topliss-reactive ketones (excluding diaryl/α,β-unsaturated/α-hetero) is 1. The Kier molecular flexibility index (Phi) is 10.1. The minimum absolute atomic E-state index is 0.151. The maximum atomic E-state index is 13.5. The van der Waals surface area contributed by atoms with Crippen molar-refractivity contribution in [3.05, 3.63) is 89.5 Å². The van der Waals surface area contributed by atoms with Gasteiger partial charge in [0, 0.05) is 5.56 Å². The third kappa shape index (κ3) is 7.27. The molecule has 0 aliphatic heterocycles. The molecule has 0 amide bonds. The van der Waals surface area contributed by atoms with E-state index in [0.717, 1.165) is 62.5 Å². The van der Waals surface area contributed by atoms with E-state index in [4.69, 9.17) is 4.74 Å². The Morgan fingerprint density at radius 1 is 0.914 bits per heavy atom. The minimum atomic E-state index is -0.815. The van der Waals surface area contributed by atoms with Crippen LogP contribution in [-0.4, -0.2) is 17.9 Å². The summed E-state index contributed by atoms with van der Waals surface area (Å²) in [6.45, 7) is 6.04. The number of rotatable bonds is 13. The van der Waals surface area contributed by atoms with Gasteiger partial charge in [-0.3, -0.25) is 9.59 Å². The second-order valence-electron chi connectivity index (χ2n) is 9.74. The zero-order valence-electron chi connectivity index (χ0n) is 21.6. The first-order valence-corrected chi connectivity index (χ1v) is 13.3. The number of carbonyl (C=O) groups is 2. The molecule has 0 saturated heterocycles. The Bertz CT molecular complexity index is 1020. The van der Waals surface area contributed by atoms with Crippen molar-refractivity contribution in [1.29, 1.82) is 0 Å². The van der Waals surface area contributed by atoms with Crippen LogP contribution in [0.25, 0.3) is 5.57 Å². The normalized spacial score (nSPS) is 18.1. The monoisotopic (exact) mass is 472 g/mol. The topological polar surface area (TPSA) is 43.4 Å². The molecule has 0 radical (unpaired) electrons. The van der Waals surface area contributed by atoms with Gasteiger partial charge in [-0.25, -0.2) is 0 Å². The highest BCUT2D eigenvalue weighted by atomic mass is 16.5. The third-order valence-electron chi connectivity index (χ3n) is 6.97. The number of ether oxygens (including phenoxy) is 1. The van der Waals surface area contributed by atoms with E-state index in [2.05, 4.69) is 32.1 Å². The molecule has 2 aromatic carbocycles. The number of carbonyl (C=O) groups excluding carboxylic acids is 2. The summed E-state index contributed by atoms with van der Waals surface area (Å²) in [7, 11) is 0. The van der Waals surface area contributed by atoms with E-state index in [9.17, 15) is 9.59 Å². The average Bonchev–Trinajstić information content (AvgIpc) is 2.90. The lowest BCUT2D eigenvalue weighted by molar-refractivity contribution is -0.156. The lowest BCUT2D eigenvalue weighted by atomic mass is 9.75. The summed E-state index contributed by atoms with van der Waals surface area (Å²) in [4.78, 5) is 26.5. The first kappa shape index (κ1) is 26.7. The number of esters is 1. The number of hydrogen-bond acceptors (Lipinski definition) is 3. The fraction of sp³-hybridized carbons (Fsp3) is 0.438. The summed E-state index contributed by atoms with van der Waals surface area (Å²) in [6.07, 6.45) is 14.3. The zero-order valence-corrected chi connectivity index (χ0v) is 21.6. The quantitative estimate of drug-likeness (QED) is 0.168. The van der Waals surface area contributed by atoms with Gasteiger partial charge in [-0.05, 0) is 49.3 Å². The summed E-state index contributed by atoms with van der Waals surface area (Å²) in [5, 5.41) is 0. The van der Waals surface area contributed by atoms with Gasteiger partial charge < -0.3 is 4.74 Å². The van der Waals surface area contributed by atoms with E-state index in [1.807, 2.05) is 54.6 Å². The van der Waals surface area contributed by atoms with Crippen LogP contribution in [0.5, 0.6) is 0 Å². The highest BCUT2D eigenvalue weighted by Gasteiger charge is 2.39. The average molecular weight is 473 g/mol. The summed E-state index contributed by atoms with van der Waals surface area (Å²) < 4.78 is 5.83. The number of benzene rings is 2. The second kappa shape index (κ2) is 13.2. The van der Waals surface area contributed by atoms with E-state index < -0.39 is 11.5 Å². The lowest BCUT2D eigenvalue weighted by Gasteiger charge is -2.31. The Hall–Kier alpha value is -2.94. The third-order valence-corrected chi connectivity index (χ3v) is 6.97. The summed E-state index contributed by atoms with van der Waals surface area (Å²) in [5.41, 5.74) is 3.36. The van der Waals surface area contributed by atoms with Gasteiger partial charge in [0.2, 0.25) is 5.78 Å². The van der Waals surface area contributed by atoms with Gasteiger partial charge in [0.15, 0.2) is 6.10 Å². The number of aryl methyl sites for hydroxylation is 1. The fourth-order valence-electron chi connectivity index (χ4n) is 4.61. The van der Waals surface area contributed by atoms with Crippen molar-refractivity contribution in [2.24, 2.45) is 5.41 Å². The number of hydrogen-bond donors (Lipinski definition) is 0. The largest absolute Gasteiger partial charge is 0.454 e. The molecule has 0 fully saturated rings. The van der Waals surface area contributed by atoms with Crippen molar-refractivity contribution < 1.29 is 14.3 Å². The Morgan fingerprint density at radius 2 is 1.63 bits per heavy atom. The van der Waals surface area contributed by atoms with Crippen LogP contribution >= 0.6 is 0 Å². The zero-order chi connectivity index (χ0) is 25.1. The van der Waals surface area contributed by atoms with E-state index >= 15 is 0 Å². The van der Waals surface area contributed by atoms with Crippen LogP contribution in [0.3, 0.4) is 0 Å². The molecule has 2 unspecified atom stereocenters.